The average Bonchev–Trinajstić information content (AvgIpc) is 2.90. The van der Waals surface area contributed by atoms with Crippen molar-refractivity contribution >= 4 is 34.9 Å². The van der Waals surface area contributed by atoms with Crippen molar-refractivity contribution in [2.24, 2.45) is 5.73 Å². The Labute approximate surface area is 219 Å². The lowest BCUT2D eigenvalue weighted by Crippen LogP contribution is -2.36. The zero-order valence-corrected chi connectivity index (χ0v) is 20.5. The Hall–Kier alpha value is -4.62. The van der Waals surface area contributed by atoms with Crippen LogP contribution in [-0.2, 0) is 16.1 Å². The van der Waals surface area contributed by atoms with Crippen LogP contribution in [0.1, 0.15) is 22.6 Å². The summed E-state index contributed by atoms with van der Waals surface area (Å²) in [6.07, 6.45) is 0. The number of anilines is 1. The number of amides is 2. The number of halogens is 1. The lowest BCUT2D eigenvalue weighted by Gasteiger charge is -2.19. The van der Waals surface area contributed by atoms with Gasteiger partial charge in [0.2, 0.25) is 11.8 Å². The van der Waals surface area contributed by atoms with Crippen molar-refractivity contribution in [3.05, 3.63) is 125 Å². The molecule has 0 spiro atoms. The maximum absolute atomic E-state index is 13.4. The first-order chi connectivity index (χ1) is 17.9. The molecule has 0 fully saturated rings. The van der Waals surface area contributed by atoms with Gasteiger partial charge in [-0.15, -0.1) is 0 Å². The molecule has 4 aromatic rings. The number of ether oxygens (including phenoxy) is 1. The molecule has 37 heavy (non-hydrogen) atoms. The molecule has 0 heterocycles. The van der Waals surface area contributed by atoms with Gasteiger partial charge in [-0.3, -0.25) is 15.0 Å². The third-order valence-corrected chi connectivity index (χ3v) is 5.96. The Morgan fingerprint density at radius 3 is 2.14 bits per heavy atom. The fourth-order valence-electron chi connectivity index (χ4n) is 3.71. The van der Waals surface area contributed by atoms with E-state index in [0.29, 0.717) is 38.9 Å². The third-order valence-electron chi connectivity index (χ3n) is 5.61. The van der Waals surface area contributed by atoms with Crippen LogP contribution in [0.4, 0.5) is 5.69 Å². The molecule has 0 bridgehead atoms. The number of nitrogens with one attached hydrogen (secondary N) is 3. The summed E-state index contributed by atoms with van der Waals surface area (Å²) >= 11 is 6.45. The number of benzene rings is 4. The second kappa shape index (κ2) is 11.9. The highest BCUT2D eigenvalue weighted by Crippen LogP contribution is 2.30. The van der Waals surface area contributed by atoms with Crippen LogP contribution < -0.4 is 21.1 Å². The molecule has 4 rings (SSSR count). The number of carbonyl (C=O) groups excluding carboxylic acids is 2. The summed E-state index contributed by atoms with van der Waals surface area (Å²) in [5, 5.41) is 13.6. The second-order valence-corrected chi connectivity index (χ2v) is 8.58. The number of rotatable bonds is 9. The molecule has 0 aliphatic carbocycles. The van der Waals surface area contributed by atoms with Gasteiger partial charge in [0.15, 0.2) is 0 Å². The molecule has 0 saturated carbocycles. The van der Waals surface area contributed by atoms with Crippen LogP contribution >= 0.6 is 11.6 Å². The largest absolute Gasteiger partial charge is 0.457 e. The van der Waals surface area contributed by atoms with E-state index in [-0.39, 0.29) is 12.4 Å². The Balaban J connectivity index is 1.53. The van der Waals surface area contributed by atoms with Gasteiger partial charge >= 0.3 is 0 Å². The molecule has 7 nitrogen and oxygen atoms in total. The topological polar surface area (TPSA) is 117 Å². The van der Waals surface area contributed by atoms with Gasteiger partial charge in [0.1, 0.15) is 23.3 Å². The molecular weight excluding hydrogens is 488 g/mol. The van der Waals surface area contributed by atoms with Crippen molar-refractivity contribution < 1.29 is 14.3 Å². The molecule has 0 aliphatic rings. The van der Waals surface area contributed by atoms with Gasteiger partial charge in [0.25, 0.3) is 0 Å². The minimum atomic E-state index is -1.12. The number of hydrogen-bond donors (Lipinski definition) is 4. The van der Waals surface area contributed by atoms with Crippen LogP contribution in [0.2, 0.25) is 5.02 Å². The molecule has 0 aromatic heterocycles. The van der Waals surface area contributed by atoms with E-state index < -0.39 is 17.7 Å². The maximum Gasteiger partial charge on any atom is 0.241 e. The van der Waals surface area contributed by atoms with Gasteiger partial charge in [0, 0.05) is 28.4 Å². The van der Waals surface area contributed by atoms with Crippen LogP contribution in [0.3, 0.4) is 0 Å². The van der Waals surface area contributed by atoms with Crippen molar-refractivity contribution in [2.45, 2.75) is 12.5 Å². The van der Waals surface area contributed by atoms with Gasteiger partial charge in [-0.25, -0.2) is 0 Å². The number of carbonyl (C=O) groups is 2. The van der Waals surface area contributed by atoms with E-state index in [1.165, 1.54) is 0 Å². The zero-order valence-electron chi connectivity index (χ0n) is 19.8. The van der Waals surface area contributed by atoms with Gasteiger partial charge < -0.3 is 21.1 Å². The Kier molecular flexibility index (Phi) is 8.18. The summed E-state index contributed by atoms with van der Waals surface area (Å²) in [7, 11) is 0. The Morgan fingerprint density at radius 2 is 1.49 bits per heavy atom. The molecule has 2 amide bonds. The van der Waals surface area contributed by atoms with Crippen molar-refractivity contribution in [3.8, 4) is 11.5 Å². The highest BCUT2D eigenvalue weighted by atomic mass is 35.5. The molecular formula is C29H25ClN4O3. The smallest absolute Gasteiger partial charge is 0.241 e. The van der Waals surface area contributed by atoms with Crippen LogP contribution in [0.15, 0.2) is 103 Å². The van der Waals surface area contributed by atoms with Crippen molar-refractivity contribution in [2.75, 3.05) is 5.32 Å². The van der Waals surface area contributed by atoms with E-state index >= 15 is 0 Å². The average molecular weight is 513 g/mol. The predicted molar refractivity (Wildman–Crippen MR) is 145 cm³/mol. The minimum absolute atomic E-state index is 0.0601. The quantitative estimate of drug-likeness (QED) is 0.135. The van der Waals surface area contributed by atoms with Crippen LogP contribution in [0.25, 0.3) is 0 Å². The van der Waals surface area contributed by atoms with Crippen molar-refractivity contribution in [1.82, 2.24) is 5.32 Å². The van der Waals surface area contributed by atoms with E-state index in [4.69, 9.17) is 27.5 Å². The first kappa shape index (κ1) is 25.5. The number of amidine groups is 1. The summed E-state index contributed by atoms with van der Waals surface area (Å²) in [5.74, 6) is -1.04. The SMILES string of the molecule is N=C(N)c1ccc(NC(=O)C(C(=O)NCc2c(Cl)cccc2Oc2ccccc2)c2ccccc2)cc1. The Morgan fingerprint density at radius 1 is 0.838 bits per heavy atom. The number of hydrogen-bond acceptors (Lipinski definition) is 4. The fraction of sp³-hybridized carbons (Fsp3) is 0.0690. The van der Waals surface area contributed by atoms with Gasteiger partial charge in [0.05, 0.1) is 0 Å². The molecule has 0 saturated heterocycles. The molecule has 5 N–H and O–H groups in total. The minimum Gasteiger partial charge on any atom is -0.457 e. The predicted octanol–water partition coefficient (Wildman–Crippen LogP) is 5.46. The molecule has 0 aliphatic heterocycles. The molecule has 0 radical (unpaired) electrons. The van der Waals surface area contributed by atoms with E-state index in [1.807, 2.05) is 36.4 Å². The summed E-state index contributed by atoms with van der Waals surface area (Å²) < 4.78 is 5.98. The van der Waals surface area contributed by atoms with Gasteiger partial charge in [-0.1, -0.05) is 66.2 Å². The first-order valence-corrected chi connectivity index (χ1v) is 11.9. The molecule has 186 valence electrons. The van der Waals surface area contributed by atoms with Gasteiger partial charge in [-0.2, -0.15) is 0 Å². The summed E-state index contributed by atoms with van der Waals surface area (Å²) in [4.78, 5) is 26.6. The van der Waals surface area contributed by atoms with Crippen molar-refractivity contribution in [3.63, 3.8) is 0 Å². The highest BCUT2D eigenvalue weighted by Gasteiger charge is 2.29. The summed E-state index contributed by atoms with van der Waals surface area (Å²) in [6, 6.07) is 29.8. The summed E-state index contributed by atoms with van der Waals surface area (Å²) in [6.45, 7) is 0.0601. The first-order valence-electron chi connectivity index (χ1n) is 11.5. The molecule has 1 atom stereocenters. The van der Waals surface area contributed by atoms with Gasteiger partial charge in [-0.05, 0) is 54.1 Å². The van der Waals surface area contributed by atoms with E-state index in [0.717, 1.165) is 0 Å². The van der Waals surface area contributed by atoms with Crippen LogP contribution in [-0.4, -0.2) is 17.6 Å². The summed E-state index contributed by atoms with van der Waals surface area (Å²) in [5.41, 5.74) is 7.64. The lowest BCUT2D eigenvalue weighted by atomic mass is 9.96. The zero-order chi connectivity index (χ0) is 26.2. The van der Waals surface area contributed by atoms with Crippen LogP contribution in [0, 0.1) is 5.41 Å². The highest BCUT2D eigenvalue weighted by molar-refractivity contribution is 6.31. The maximum atomic E-state index is 13.4. The molecule has 4 aromatic carbocycles. The third kappa shape index (κ3) is 6.54. The van der Waals surface area contributed by atoms with Crippen molar-refractivity contribution in [1.29, 1.82) is 5.41 Å². The number of nitrogen functional groups attached to an aromatic ring is 1. The van der Waals surface area contributed by atoms with E-state index in [2.05, 4.69) is 10.6 Å². The molecule has 1 unspecified atom stereocenters. The van der Waals surface area contributed by atoms with E-state index in [1.54, 1.807) is 66.7 Å². The number of para-hydroxylation sites is 1. The number of nitrogens with two attached hydrogens (primary N) is 1. The standard InChI is InChI=1S/C29H25ClN4O3/c30-24-12-7-13-25(37-22-10-5-2-6-11-22)23(24)18-33-28(35)26(19-8-3-1-4-9-19)29(36)34-21-16-14-20(15-17-21)27(31)32/h1-17,26H,18H2,(H3,31,32)(H,33,35)(H,34,36). The van der Waals surface area contributed by atoms with E-state index in [9.17, 15) is 9.59 Å². The normalized spacial score (nSPS) is 11.3. The second-order valence-electron chi connectivity index (χ2n) is 8.17. The monoisotopic (exact) mass is 512 g/mol. The Bertz CT molecular complexity index is 1390. The fourth-order valence-corrected chi connectivity index (χ4v) is 3.95. The van der Waals surface area contributed by atoms with Crippen LogP contribution in [0.5, 0.6) is 11.5 Å². The molecule has 8 heteroatoms. The lowest BCUT2D eigenvalue weighted by molar-refractivity contribution is -0.129.